The number of benzene rings is 1. The molecule has 0 aliphatic heterocycles. The average molecular weight is 376 g/mol. The number of hydrogen-bond acceptors (Lipinski definition) is 5. The van der Waals surface area contributed by atoms with Crippen LogP contribution in [0.4, 0.5) is 0 Å². The van der Waals surface area contributed by atoms with Crippen molar-refractivity contribution in [3.63, 3.8) is 0 Å². The summed E-state index contributed by atoms with van der Waals surface area (Å²) in [7, 11) is 1.51. The smallest absolute Gasteiger partial charge is 0.261 e. The number of hydrogen-bond donors (Lipinski definition) is 3. The van der Waals surface area contributed by atoms with Gasteiger partial charge >= 0.3 is 0 Å². The number of fused-ring (bicyclic) bond motifs is 1. The van der Waals surface area contributed by atoms with Gasteiger partial charge in [0.2, 0.25) is 0 Å². The zero-order chi connectivity index (χ0) is 20.2. The Balaban J connectivity index is 2.55. The SMILES string of the molecule is CCCC(CO)Oc1c(OC)ccc2cc(C(=O)NC(C)(C)C)c(=O)[nH]c12. The summed E-state index contributed by atoms with van der Waals surface area (Å²) in [6, 6.07) is 5.00. The van der Waals surface area contributed by atoms with Crippen molar-refractivity contribution in [2.45, 2.75) is 52.2 Å². The van der Waals surface area contributed by atoms with Gasteiger partial charge in [0.15, 0.2) is 11.5 Å². The van der Waals surface area contributed by atoms with Gasteiger partial charge in [-0.3, -0.25) is 9.59 Å². The summed E-state index contributed by atoms with van der Waals surface area (Å²) < 4.78 is 11.3. The van der Waals surface area contributed by atoms with Crippen molar-refractivity contribution >= 4 is 16.8 Å². The molecule has 7 heteroatoms. The number of aliphatic hydroxyl groups is 1. The Bertz CT molecular complexity index is 867. The first-order valence-corrected chi connectivity index (χ1v) is 9.04. The molecule has 2 aromatic rings. The van der Waals surface area contributed by atoms with E-state index in [0.717, 1.165) is 6.42 Å². The van der Waals surface area contributed by atoms with Gasteiger partial charge in [-0.1, -0.05) is 13.3 Å². The lowest BCUT2D eigenvalue weighted by Crippen LogP contribution is -2.42. The molecule has 0 saturated heterocycles. The van der Waals surface area contributed by atoms with Crippen LogP contribution in [0.3, 0.4) is 0 Å². The van der Waals surface area contributed by atoms with Gasteiger partial charge in [0.25, 0.3) is 11.5 Å². The Kier molecular flexibility index (Phi) is 6.49. The van der Waals surface area contributed by atoms with Crippen LogP contribution in [0.15, 0.2) is 23.0 Å². The summed E-state index contributed by atoms with van der Waals surface area (Å²) in [4.78, 5) is 27.7. The van der Waals surface area contributed by atoms with Crippen LogP contribution >= 0.6 is 0 Å². The van der Waals surface area contributed by atoms with E-state index < -0.39 is 23.1 Å². The second-order valence-corrected chi connectivity index (χ2v) is 7.49. The standard InChI is InChI=1S/C20H28N2O5/c1-6-7-13(11-23)27-17-15(26-5)9-8-12-10-14(18(24)21-16(12)17)19(25)22-20(2,3)4/h8-10,13,23H,6-7,11H2,1-5H3,(H,21,24)(H,22,25). The van der Waals surface area contributed by atoms with E-state index in [1.807, 2.05) is 27.7 Å². The predicted octanol–water partition coefficient (Wildman–Crippen LogP) is 2.60. The Hall–Kier alpha value is -2.54. The van der Waals surface area contributed by atoms with Gasteiger partial charge in [-0.25, -0.2) is 0 Å². The first-order valence-electron chi connectivity index (χ1n) is 9.04. The molecule has 0 aliphatic carbocycles. The highest BCUT2D eigenvalue weighted by Gasteiger charge is 2.21. The van der Waals surface area contributed by atoms with Crippen LogP contribution in [-0.2, 0) is 0 Å². The highest BCUT2D eigenvalue weighted by molar-refractivity contribution is 5.98. The molecule has 0 fully saturated rings. The highest BCUT2D eigenvalue weighted by Crippen LogP contribution is 2.35. The quantitative estimate of drug-likeness (QED) is 0.690. The number of aliphatic hydroxyl groups excluding tert-OH is 1. The fourth-order valence-electron chi connectivity index (χ4n) is 2.76. The fraction of sp³-hybridized carbons (Fsp3) is 0.500. The van der Waals surface area contributed by atoms with Crippen molar-refractivity contribution in [1.29, 1.82) is 0 Å². The van der Waals surface area contributed by atoms with E-state index in [-0.39, 0.29) is 12.2 Å². The number of rotatable bonds is 7. The molecule has 7 nitrogen and oxygen atoms in total. The van der Waals surface area contributed by atoms with E-state index in [9.17, 15) is 14.7 Å². The van der Waals surface area contributed by atoms with Gasteiger partial charge in [-0.2, -0.15) is 0 Å². The minimum Gasteiger partial charge on any atom is -0.493 e. The topological polar surface area (TPSA) is 101 Å². The molecular formula is C20H28N2O5. The van der Waals surface area contributed by atoms with Gasteiger partial charge in [0, 0.05) is 10.9 Å². The van der Waals surface area contributed by atoms with E-state index in [1.165, 1.54) is 13.2 Å². The van der Waals surface area contributed by atoms with Gasteiger partial charge in [-0.15, -0.1) is 0 Å². The summed E-state index contributed by atoms with van der Waals surface area (Å²) >= 11 is 0. The number of ether oxygens (including phenoxy) is 2. The minimum absolute atomic E-state index is 0.0285. The fourth-order valence-corrected chi connectivity index (χ4v) is 2.76. The number of carbonyl (C=O) groups excluding carboxylic acids is 1. The number of amides is 1. The second-order valence-electron chi connectivity index (χ2n) is 7.49. The Morgan fingerprint density at radius 1 is 1.33 bits per heavy atom. The predicted molar refractivity (Wildman–Crippen MR) is 105 cm³/mol. The van der Waals surface area contributed by atoms with Crippen LogP contribution in [0.1, 0.15) is 50.9 Å². The van der Waals surface area contributed by atoms with Crippen molar-refractivity contribution in [3.05, 3.63) is 34.1 Å². The molecule has 0 saturated carbocycles. The van der Waals surface area contributed by atoms with Crippen molar-refractivity contribution in [2.75, 3.05) is 13.7 Å². The molecule has 1 heterocycles. The number of aromatic amines is 1. The number of pyridine rings is 1. The molecule has 2 rings (SSSR count). The number of H-pyrrole nitrogens is 1. The lowest BCUT2D eigenvalue weighted by molar-refractivity contribution is 0.0918. The summed E-state index contributed by atoms with van der Waals surface area (Å²) in [5.41, 5.74) is -0.512. The van der Waals surface area contributed by atoms with Crippen LogP contribution < -0.4 is 20.3 Å². The number of nitrogens with one attached hydrogen (secondary N) is 2. The van der Waals surface area contributed by atoms with Crippen molar-refractivity contribution < 1.29 is 19.4 Å². The van der Waals surface area contributed by atoms with E-state index in [2.05, 4.69) is 10.3 Å². The largest absolute Gasteiger partial charge is 0.493 e. The molecule has 1 aromatic carbocycles. The lowest BCUT2D eigenvalue weighted by atomic mass is 10.1. The third-order valence-electron chi connectivity index (χ3n) is 3.99. The maximum absolute atomic E-state index is 12.5. The van der Waals surface area contributed by atoms with Crippen LogP contribution in [0.25, 0.3) is 10.9 Å². The molecule has 1 unspecified atom stereocenters. The molecule has 148 valence electrons. The van der Waals surface area contributed by atoms with Gasteiger partial charge in [0.05, 0.1) is 19.2 Å². The van der Waals surface area contributed by atoms with E-state index in [4.69, 9.17) is 9.47 Å². The first kappa shape index (κ1) is 20.8. The van der Waals surface area contributed by atoms with Crippen LogP contribution in [0.2, 0.25) is 0 Å². The average Bonchev–Trinajstić information content (AvgIpc) is 2.59. The monoisotopic (exact) mass is 376 g/mol. The number of methoxy groups -OCH3 is 1. The summed E-state index contributed by atoms with van der Waals surface area (Å²) in [5.74, 6) is 0.352. The molecule has 0 radical (unpaired) electrons. The van der Waals surface area contributed by atoms with Crippen LogP contribution in [0.5, 0.6) is 11.5 Å². The highest BCUT2D eigenvalue weighted by atomic mass is 16.5. The Morgan fingerprint density at radius 3 is 2.59 bits per heavy atom. The van der Waals surface area contributed by atoms with Crippen molar-refractivity contribution in [1.82, 2.24) is 10.3 Å². The molecule has 1 atom stereocenters. The first-order chi connectivity index (χ1) is 12.7. The van der Waals surface area contributed by atoms with E-state index in [1.54, 1.807) is 12.1 Å². The summed E-state index contributed by atoms with van der Waals surface area (Å²) in [5, 5.41) is 13.0. The zero-order valence-electron chi connectivity index (χ0n) is 16.5. The molecule has 27 heavy (non-hydrogen) atoms. The van der Waals surface area contributed by atoms with Crippen molar-refractivity contribution in [2.24, 2.45) is 0 Å². The number of aromatic nitrogens is 1. The number of carbonyl (C=O) groups is 1. The molecule has 0 bridgehead atoms. The molecular weight excluding hydrogens is 348 g/mol. The molecule has 1 aromatic heterocycles. The second kappa shape index (κ2) is 8.43. The van der Waals surface area contributed by atoms with Gasteiger partial charge in [0.1, 0.15) is 11.7 Å². The molecule has 3 N–H and O–H groups in total. The molecule has 1 amide bonds. The minimum atomic E-state index is -0.515. The molecule has 0 spiro atoms. The third kappa shape index (κ3) is 5.01. The maximum atomic E-state index is 12.5. The summed E-state index contributed by atoms with van der Waals surface area (Å²) in [6.45, 7) is 7.39. The summed E-state index contributed by atoms with van der Waals surface area (Å²) in [6.07, 6.45) is 1.08. The van der Waals surface area contributed by atoms with E-state index >= 15 is 0 Å². The third-order valence-corrected chi connectivity index (χ3v) is 3.99. The van der Waals surface area contributed by atoms with Crippen LogP contribution in [0, 0.1) is 0 Å². The van der Waals surface area contributed by atoms with E-state index in [0.29, 0.717) is 28.8 Å². The zero-order valence-corrected chi connectivity index (χ0v) is 16.5. The van der Waals surface area contributed by atoms with Crippen molar-refractivity contribution in [3.8, 4) is 11.5 Å². The Morgan fingerprint density at radius 2 is 2.04 bits per heavy atom. The maximum Gasteiger partial charge on any atom is 0.261 e. The van der Waals surface area contributed by atoms with Crippen LogP contribution in [-0.4, -0.2) is 41.4 Å². The normalized spacial score (nSPS) is 12.7. The lowest BCUT2D eigenvalue weighted by Gasteiger charge is -2.21. The molecule has 0 aliphatic rings. The van der Waals surface area contributed by atoms with Gasteiger partial charge < -0.3 is 24.9 Å². The Labute approximate surface area is 158 Å². The van der Waals surface area contributed by atoms with Gasteiger partial charge in [-0.05, 0) is 45.4 Å².